The number of aromatic nitrogens is 2. The van der Waals surface area contributed by atoms with E-state index in [0.29, 0.717) is 5.89 Å². The van der Waals surface area contributed by atoms with Gasteiger partial charge in [0.25, 0.3) is 11.7 Å². The molecule has 6 heteroatoms. The minimum Gasteiger partial charge on any atom is -0.339 e. The van der Waals surface area contributed by atoms with Crippen LogP contribution in [0, 0.1) is 12.3 Å². The van der Waals surface area contributed by atoms with Gasteiger partial charge >= 0.3 is 0 Å². The summed E-state index contributed by atoms with van der Waals surface area (Å²) in [5.74, 6) is 0.536. The van der Waals surface area contributed by atoms with Gasteiger partial charge in [0.15, 0.2) is 0 Å². The molecule has 2 saturated heterocycles. The summed E-state index contributed by atoms with van der Waals surface area (Å²) in [6, 6.07) is 0. The van der Waals surface area contributed by atoms with E-state index in [1.807, 2.05) is 4.90 Å². The fraction of sp³-hybridized carbons (Fsp3) is 0.769. The summed E-state index contributed by atoms with van der Waals surface area (Å²) in [6.45, 7) is 5.43. The van der Waals surface area contributed by atoms with Gasteiger partial charge in [-0.1, -0.05) is 5.16 Å². The lowest BCUT2D eigenvalue weighted by Gasteiger charge is -2.45. The number of rotatable bonds is 1. The minimum absolute atomic E-state index is 0.0958. The molecule has 0 radical (unpaired) electrons. The highest BCUT2D eigenvalue weighted by molar-refractivity contribution is 5.90. The Morgan fingerprint density at radius 2 is 2.26 bits per heavy atom. The number of hydrogen-bond donors (Lipinski definition) is 1. The van der Waals surface area contributed by atoms with Gasteiger partial charge in [0, 0.05) is 32.0 Å². The predicted octanol–water partition coefficient (Wildman–Crippen LogP) is 0.984. The van der Waals surface area contributed by atoms with Gasteiger partial charge in [0.1, 0.15) is 0 Å². The van der Waals surface area contributed by atoms with E-state index in [-0.39, 0.29) is 17.1 Å². The molecule has 19 heavy (non-hydrogen) atoms. The molecule has 2 aliphatic rings. The van der Waals surface area contributed by atoms with Crippen LogP contribution in [-0.4, -0.2) is 47.1 Å². The summed E-state index contributed by atoms with van der Waals surface area (Å²) < 4.78 is 4.89. The van der Waals surface area contributed by atoms with Gasteiger partial charge < -0.3 is 14.7 Å². The average molecular weight is 264 g/mol. The van der Waals surface area contributed by atoms with Crippen LogP contribution in [0.3, 0.4) is 0 Å². The Morgan fingerprint density at radius 1 is 1.42 bits per heavy atom. The molecule has 1 aromatic heterocycles. The zero-order valence-electron chi connectivity index (χ0n) is 11.3. The van der Waals surface area contributed by atoms with E-state index < -0.39 is 0 Å². The second-order valence-corrected chi connectivity index (χ2v) is 5.75. The standard InChI is InChI=1S/C13H20N4O2/c1-10-15-11(16-19-10)12(18)17-7-3-5-13(9-17)4-2-6-14-8-13/h14H,2-9H2,1H3. The van der Waals surface area contributed by atoms with Crippen molar-refractivity contribution in [1.82, 2.24) is 20.4 Å². The van der Waals surface area contributed by atoms with E-state index in [2.05, 4.69) is 15.5 Å². The number of nitrogens with zero attached hydrogens (tertiary/aromatic N) is 3. The second-order valence-electron chi connectivity index (χ2n) is 5.75. The second kappa shape index (κ2) is 4.92. The molecule has 1 aromatic rings. The third kappa shape index (κ3) is 2.49. The van der Waals surface area contributed by atoms with Crippen molar-refractivity contribution in [2.75, 3.05) is 26.2 Å². The highest BCUT2D eigenvalue weighted by Crippen LogP contribution is 2.36. The van der Waals surface area contributed by atoms with Crippen molar-refractivity contribution in [2.45, 2.75) is 32.6 Å². The van der Waals surface area contributed by atoms with Crippen molar-refractivity contribution < 1.29 is 9.32 Å². The molecule has 6 nitrogen and oxygen atoms in total. The number of piperidine rings is 2. The molecule has 1 unspecified atom stereocenters. The lowest BCUT2D eigenvalue weighted by atomic mass is 9.74. The largest absolute Gasteiger partial charge is 0.339 e. The molecule has 1 atom stereocenters. The first-order valence-corrected chi connectivity index (χ1v) is 6.99. The van der Waals surface area contributed by atoms with Crippen LogP contribution in [0.1, 0.15) is 42.2 Å². The van der Waals surface area contributed by atoms with E-state index in [4.69, 9.17) is 4.52 Å². The van der Waals surface area contributed by atoms with Gasteiger partial charge in [0.2, 0.25) is 5.89 Å². The Morgan fingerprint density at radius 3 is 2.95 bits per heavy atom. The fourth-order valence-corrected chi connectivity index (χ4v) is 3.29. The van der Waals surface area contributed by atoms with Crippen molar-refractivity contribution in [1.29, 1.82) is 0 Å². The van der Waals surface area contributed by atoms with Crippen molar-refractivity contribution >= 4 is 5.91 Å². The molecule has 0 bridgehead atoms. The molecule has 104 valence electrons. The number of nitrogens with one attached hydrogen (secondary N) is 1. The quantitative estimate of drug-likeness (QED) is 0.819. The van der Waals surface area contributed by atoms with Gasteiger partial charge in [-0.25, -0.2) is 0 Å². The third-order valence-corrected chi connectivity index (χ3v) is 4.23. The van der Waals surface area contributed by atoms with Crippen LogP contribution in [0.2, 0.25) is 0 Å². The lowest BCUT2D eigenvalue weighted by Crippen LogP contribution is -2.52. The number of hydrogen-bond acceptors (Lipinski definition) is 5. The first-order chi connectivity index (χ1) is 9.19. The Balaban J connectivity index is 1.72. The SMILES string of the molecule is Cc1nc(C(=O)N2CCCC3(CCCNC3)C2)no1. The first kappa shape index (κ1) is 12.6. The van der Waals surface area contributed by atoms with Gasteiger partial charge in [-0.15, -0.1) is 0 Å². The molecule has 1 spiro atoms. The monoisotopic (exact) mass is 264 g/mol. The highest BCUT2D eigenvalue weighted by Gasteiger charge is 2.38. The maximum absolute atomic E-state index is 12.4. The molecule has 2 fully saturated rings. The molecule has 0 aliphatic carbocycles. The zero-order valence-corrected chi connectivity index (χ0v) is 11.3. The molecule has 1 amide bonds. The highest BCUT2D eigenvalue weighted by atomic mass is 16.5. The van der Waals surface area contributed by atoms with Crippen LogP contribution < -0.4 is 5.32 Å². The maximum Gasteiger partial charge on any atom is 0.295 e. The molecule has 0 aromatic carbocycles. The predicted molar refractivity (Wildman–Crippen MR) is 68.7 cm³/mol. The van der Waals surface area contributed by atoms with Crippen LogP contribution in [-0.2, 0) is 0 Å². The van der Waals surface area contributed by atoms with Crippen LogP contribution in [0.15, 0.2) is 4.52 Å². The maximum atomic E-state index is 12.4. The van der Waals surface area contributed by atoms with Gasteiger partial charge in [0.05, 0.1) is 0 Å². The summed E-state index contributed by atoms with van der Waals surface area (Å²) in [5.41, 5.74) is 0.255. The summed E-state index contributed by atoms with van der Waals surface area (Å²) in [6.07, 6.45) is 4.66. The van der Waals surface area contributed by atoms with Crippen molar-refractivity contribution in [3.8, 4) is 0 Å². The van der Waals surface area contributed by atoms with Gasteiger partial charge in [-0.2, -0.15) is 4.98 Å². The molecule has 3 rings (SSSR count). The number of amides is 1. The van der Waals surface area contributed by atoms with E-state index in [1.165, 1.54) is 19.3 Å². The van der Waals surface area contributed by atoms with Crippen molar-refractivity contribution in [3.63, 3.8) is 0 Å². The smallest absolute Gasteiger partial charge is 0.295 e. The molecule has 1 N–H and O–H groups in total. The fourth-order valence-electron chi connectivity index (χ4n) is 3.29. The Labute approximate surface area is 112 Å². The normalized spacial score (nSPS) is 27.7. The average Bonchev–Trinajstić information content (AvgIpc) is 2.85. The lowest BCUT2D eigenvalue weighted by molar-refractivity contribution is 0.0421. The molecule has 3 heterocycles. The molecule has 2 aliphatic heterocycles. The van der Waals surface area contributed by atoms with E-state index in [0.717, 1.165) is 32.6 Å². The van der Waals surface area contributed by atoms with E-state index >= 15 is 0 Å². The Kier molecular flexibility index (Phi) is 3.26. The number of aryl methyl sites for hydroxylation is 1. The summed E-state index contributed by atoms with van der Waals surface area (Å²) in [5, 5.41) is 7.19. The summed E-state index contributed by atoms with van der Waals surface area (Å²) in [4.78, 5) is 18.3. The van der Waals surface area contributed by atoms with Crippen LogP contribution in [0.4, 0.5) is 0 Å². The summed E-state index contributed by atoms with van der Waals surface area (Å²) >= 11 is 0. The van der Waals surface area contributed by atoms with Crippen LogP contribution in [0.25, 0.3) is 0 Å². The van der Waals surface area contributed by atoms with Crippen LogP contribution in [0.5, 0.6) is 0 Å². The number of carbonyl (C=O) groups excluding carboxylic acids is 1. The molecular weight excluding hydrogens is 244 g/mol. The topological polar surface area (TPSA) is 71.3 Å². The minimum atomic E-state index is -0.0958. The number of likely N-dealkylation sites (tertiary alicyclic amines) is 1. The zero-order chi connectivity index (χ0) is 13.3. The van der Waals surface area contributed by atoms with Gasteiger partial charge in [-0.05, 0) is 32.2 Å². The van der Waals surface area contributed by atoms with Gasteiger partial charge in [-0.3, -0.25) is 4.79 Å². The third-order valence-electron chi connectivity index (χ3n) is 4.23. The number of carbonyl (C=O) groups is 1. The molecule has 0 saturated carbocycles. The van der Waals surface area contributed by atoms with Crippen molar-refractivity contribution in [3.05, 3.63) is 11.7 Å². The summed E-state index contributed by atoms with van der Waals surface area (Å²) in [7, 11) is 0. The van der Waals surface area contributed by atoms with Crippen molar-refractivity contribution in [2.24, 2.45) is 5.41 Å². The van der Waals surface area contributed by atoms with E-state index in [9.17, 15) is 4.79 Å². The molecular formula is C13H20N4O2. The van der Waals surface area contributed by atoms with E-state index in [1.54, 1.807) is 6.92 Å². The first-order valence-electron chi connectivity index (χ1n) is 6.99. The van der Waals surface area contributed by atoms with Crippen LogP contribution >= 0.6 is 0 Å². The Hall–Kier alpha value is -1.43. The Bertz CT molecular complexity index is 459.